The minimum absolute atomic E-state index is 0.322. The van der Waals surface area contributed by atoms with E-state index in [4.69, 9.17) is 6.42 Å². The van der Waals surface area contributed by atoms with Crippen LogP contribution >= 0.6 is 0 Å². The number of nitrogens with one attached hydrogen (secondary N) is 1. The van der Waals surface area contributed by atoms with Crippen molar-refractivity contribution in [3.05, 3.63) is 0 Å². The lowest BCUT2D eigenvalue weighted by molar-refractivity contribution is 0.437. The Morgan fingerprint density at radius 3 is 2.69 bits per heavy atom. The van der Waals surface area contributed by atoms with Crippen molar-refractivity contribution >= 4 is 0 Å². The quantitative estimate of drug-likeness (QED) is 0.640. The molecule has 1 fully saturated rings. The Kier molecular flexibility index (Phi) is 4.93. The van der Waals surface area contributed by atoms with Crippen LogP contribution in [-0.4, -0.2) is 12.6 Å². The van der Waals surface area contributed by atoms with Gasteiger partial charge >= 0.3 is 0 Å². The number of hydrogen-bond acceptors (Lipinski definition) is 1. The first-order valence-electron chi connectivity index (χ1n) is 5.56. The Morgan fingerprint density at radius 1 is 1.46 bits per heavy atom. The van der Waals surface area contributed by atoms with Crippen molar-refractivity contribution in [3.8, 4) is 12.3 Å². The van der Waals surface area contributed by atoms with E-state index in [2.05, 4.69) is 18.2 Å². The predicted octanol–water partition coefficient (Wildman–Crippen LogP) is 2.57. The van der Waals surface area contributed by atoms with Crippen LogP contribution in [0.5, 0.6) is 0 Å². The van der Waals surface area contributed by atoms with E-state index in [0.29, 0.717) is 6.04 Å². The third-order valence-corrected chi connectivity index (χ3v) is 2.89. The van der Waals surface area contributed by atoms with Crippen LogP contribution in [0.15, 0.2) is 0 Å². The molecule has 0 aromatic heterocycles. The molecule has 1 nitrogen and oxygen atoms in total. The van der Waals surface area contributed by atoms with E-state index in [1.807, 2.05) is 0 Å². The standard InChI is InChI=1S/C12H21N/c1-3-9-13-12(4-2)10-11-7-5-6-8-11/h2,11-13H,3,5-10H2,1H3. The molecule has 1 aliphatic rings. The lowest BCUT2D eigenvalue weighted by Gasteiger charge is -2.16. The van der Waals surface area contributed by atoms with Crippen molar-refractivity contribution in [3.63, 3.8) is 0 Å². The van der Waals surface area contributed by atoms with Crippen molar-refractivity contribution in [1.82, 2.24) is 5.32 Å². The first-order valence-corrected chi connectivity index (χ1v) is 5.56. The first kappa shape index (κ1) is 10.6. The molecule has 1 N–H and O–H groups in total. The second-order valence-corrected chi connectivity index (χ2v) is 4.06. The summed E-state index contributed by atoms with van der Waals surface area (Å²) in [4.78, 5) is 0. The fourth-order valence-corrected chi connectivity index (χ4v) is 2.11. The number of rotatable bonds is 5. The van der Waals surface area contributed by atoms with Crippen LogP contribution in [0.3, 0.4) is 0 Å². The zero-order valence-corrected chi connectivity index (χ0v) is 8.68. The van der Waals surface area contributed by atoms with Crippen molar-refractivity contribution in [1.29, 1.82) is 0 Å². The van der Waals surface area contributed by atoms with Crippen molar-refractivity contribution < 1.29 is 0 Å². The van der Waals surface area contributed by atoms with Gasteiger partial charge < -0.3 is 5.32 Å². The van der Waals surface area contributed by atoms with Gasteiger partial charge in [0.15, 0.2) is 0 Å². The van der Waals surface area contributed by atoms with Gasteiger partial charge in [0.05, 0.1) is 6.04 Å². The molecule has 0 spiro atoms. The van der Waals surface area contributed by atoms with Crippen LogP contribution in [0.2, 0.25) is 0 Å². The Bertz CT molecular complexity index is 162. The van der Waals surface area contributed by atoms with Gasteiger partial charge in [0.25, 0.3) is 0 Å². The van der Waals surface area contributed by atoms with E-state index < -0.39 is 0 Å². The van der Waals surface area contributed by atoms with Crippen LogP contribution in [0.4, 0.5) is 0 Å². The van der Waals surface area contributed by atoms with Gasteiger partial charge in [-0.2, -0.15) is 0 Å². The number of terminal acetylenes is 1. The average Bonchev–Trinajstić information content (AvgIpc) is 2.64. The van der Waals surface area contributed by atoms with E-state index in [0.717, 1.165) is 12.5 Å². The second-order valence-electron chi connectivity index (χ2n) is 4.06. The molecule has 0 saturated heterocycles. The predicted molar refractivity (Wildman–Crippen MR) is 57.5 cm³/mol. The third-order valence-electron chi connectivity index (χ3n) is 2.89. The zero-order chi connectivity index (χ0) is 9.52. The lowest BCUT2D eigenvalue weighted by atomic mass is 9.99. The van der Waals surface area contributed by atoms with Gasteiger partial charge in [-0.1, -0.05) is 38.5 Å². The fraction of sp³-hybridized carbons (Fsp3) is 0.833. The molecule has 0 aliphatic heterocycles. The van der Waals surface area contributed by atoms with E-state index >= 15 is 0 Å². The molecule has 0 bridgehead atoms. The van der Waals surface area contributed by atoms with E-state index in [-0.39, 0.29) is 0 Å². The molecular weight excluding hydrogens is 158 g/mol. The van der Waals surface area contributed by atoms with Gasteiger partial charge in [0.2, 0.25) is 0 Å². The fourth-order valence-electron chi connectivity index (χ4n) is 2.11. The highest BCUT2D eigenvalue weighted by Gasteiger charge is 2.18. The molecule has 0 amide bonds. The normalized spacial score (nSPS) is 20.0. The van der Waals surface area contributed by atoms with Crippen LogP contribution < -0.4 is 5.32 Å². The van der Waals surface area contributed by atoms with Crippen LogP contribution in [-0.2, 0) is 0 Å². The van der Waals surface area contributed by atoms with E-state index in [1.54, 1.807) is 0 Å². The van der Waals surface area contributed by atoms with Gasteiger partial charge in [-0.05, 0) is 25.3 Å². The van der Waals surface area contributed by atoms with Crippen molar-refractivity contribution in [2.45, 2.75) is 51.5 Å². The SMILES string of the molecule is C#CC(CC1CCCC1)NCCC. The minimum Gasteiger partial charge on any atom is -0.304 e. The average molecular weight is 179 g/mol. The Hall–Kier alpha value is -0.480. The highest BCUT2D eigenvalue weighted by Crippen LogP contribution is 2.28. The lowest BCUT2D eigenvalue weighted by Crippen LogP contribution is -2.29. The Labute approximate surface area is 82.3 Å². The highest BCUT2D eigenvalue weighted by molar-refractivity contribution is 4.99. The molecule has 0 aromatic rings. The van der Waals surface area contributed by atoms with E-state index in [1.165, 1.54) is 38.5 Å². The minimum atomic E-state index is 0.322. The Balaban J connectivity index is 2.18. The summed E-state index contributed by atoms with van der Waals surface area (Å²) < 4.78 is 0. The molecule has 13 heavy (non-hydrogen) atoms. The van der Waals surface area contributed by atoms with Crippen LogP contribution in [0, 0.1) is 18.3 Å². The largest absolute Gasteiger partial charge is 0.304 e. The molecule has 1 heteroatoms. The topological polar surface area (TPSA) is 12.0 Å². The summed E-state index contributed by atoms with van der Waals surface area (Å²) in [6.45, 7) is 3.23. The summed E-state index contributed by atoms with van der Waals surface area (Å²) in [5, 5.41) is 3.41. The maximum absolute atomic E-state index is 5.48. The molecule has 0 heterocycles. The summed E-state index contributed by atoms with van der Waals surface area (Å²) >= 11 is 0. The second kappa shape index (κ2) is 6.05. The van der Waals surface area contributed by atoms with Gasteiger partial charge in [-0.25, -0.2) is 0 Å². The molecule has 1 atom stereocenters. The van der Waals surface area contributed by atoms with Gasteiger partial charge in [-0.3, -0.25) is 0 Å². The van der Waals surface area contributed by atoms with E-state index in [9.17, 15) is 0 Å². The van der Waals surface area contributed by atoms with Crippen molar-refractivity contribution in [2.24, 2.45) is 5.92 Å². The van der Waals surface area contributed by atoms with Crippen molar-refractivity contribution in [2.75, 3.05) is 6.54 Å². The molecule has 1 unspecified atom stereocenters. The maximum atomic E-state index is 5.48. The van der Waals surface area contributed by atoms with Crippen LogP contribution in [0.1, 0.15) is 45.4 Å². The molecule has 0 aromatic carbocycles. The highest BCUT2D eigenvalue weighted by atomic mass is 14.9. The Morgan fingerprint density at radius 2 is 2.15 bits per heavy atom. The van der Waals surface area contributed by atoms with Gasteiger partial charge in [0, 0.05) is 0 Å². The van der Waals surface area contributed by atoms with Crippen LogP contribution in [0.25, 0.3) is 0 Å². The molecule has 1 saturated carbocycles. The monoisotopic (exact) mass is 179 g/mol. The molecule has 1 rings (SSSR count). The molecule has 0 radical (unpaired) electrons. The number of hydrogen-bond donors (Lipinski definition) is 1. The maximum Gasteiger partial charge on any atom is 0.0689 e. The summed E-state index contributed by atoms with van der Waals surface area (Å²) in [5.41, 5.74) is 0. The summed E-state index contributed by atoms with van der Waals surface area (Å²) in [7, 11) is 0. The molecule has 1 aliphatic carbocycles. The summed E-state index contributed by atoms with van der Waals surface area (Å²) in [6.07, 6.45) is 13.5. The molecular formula is C12H21N. The van der Waals surface area contributed by atoms with Gasteiger partial charge in [-0.15, -0.1) is 6.42 Å². The van der Waals surface area contributed by atoms with Gasteiger partial charge in [0.1, 0.15) is 0 Å². The molecule has 74 valence electrons. The smallest absolute Gasteiger partial charge is 0.0689 e. The summed E-state index contributed by atoms with van der Waals surface area (Å²) in [5.74, 6) is 3.75. The summed E-state index contributed by atoms with van der Waals surface area (Å²) in [6, 6.07) is 0.322. The zero-order valence-electron chi connectivity index (χ0n) is 8.68. The third kappa shape index (κ3) is 3.83. The first-order chi connectivity index (χ1) is 6.36.